The Morgan fingerprint density at radius 3 is 2.55 bits per heavy atom. The van der Waals surface area contributed by atoms with E-state index in [1.54, 1.807) is 7.11 Å². The van der Waals surface area contributed by atoms with Crippen molar-refractivity contribution in [1.82, 2.24) is 5.32 Å². The van der Waals surface area contributed by atoms with Gasteiger partial charge >= 0.3 is 0 Å². The van der Waals surface area contributed by atoms with Gasteiger partial charge in [0.25, 0.3) is 0 Å². The lowest BCUT2D eigenvalue weighted by Gasteiger charge is -2.10. The minimum atomic E-state index is -0.656. The molecule has 0 saturated carbocycles. The zero-order valence-corrected chi connectivity index (χ0v) is 15.7. The van der Waals surface area contributed by atoms with Gasteiger partial charge in [-0.2, -0.15) is 0 Å². The smallest absolute Gasteiger partial charge is 0.188 e. The highest BCUT2D eigenvalue weighted by Gasteiger charge is 2.06. The fourth-order valence-electron chi connectivity index (χ4n) is 1.94. The van der Waals surface area contributed by atoms with Crippen molar-refractivity contribution in [2.75, 3.05) is 20.2 Å². The molecule has 126 valence electrons. The molecule has 0 aliphatic carbocycles. The zero-order chi connectivity index (χ0) is 15.5. The second kappa shape index (κ2) is 12.5. The van der Waals surface area contributed by atoms with Crippen LogP contribution in [0.25, 0.3) is 0 Å². The Morgan fingerprint density at radius 1 is 1.27 bits per heavy atom. The van der Waals surface area contributed by atoms with E-state index in [1.807, 2.05) is 24.3 Å². The van der Waals surface area contributed by atoms with Crippen LogP contribution in [0.1, 0.15) is 44.3 Å². The van der Waals surface area contributed by atoms with E-state index in [2.05, 4.69) is 17.2 Å². The van der Waals surface area contributed by atoms with Gasteiger partial charge in [0.05, 0.1) is 19.8 Å². The van der Waals surface area contributed by atoms with E-state index in [9.17, 15) is 5.11 Å². The Labute approximate surface area is 150 Å². The number of guanidine groups is 1. The van der Waals surface area contributed by atoms with Crippen LogP contribution in [0.2, 0.25) is 0 Å². The van der Waals surface area contributed by atoms with E-state index in [0.29, 0.717) is 5.96 Å². The van der Waals surface area contributed by atoms with Crippen molar-refractivity contribution in [3.63, 3.8) is 0 Å². The lowest BCUT2D eigenvalue weighted by atomic mass is 10.1. The normalized spacial score (nSPS) is 12.4. The largest absolute Gasteiger partial charge is 0.497 e. The highest BCUT2D eigenvalue weighted by molar-refractivity contribution is 14.0. The minimum absolute atomic E-state index is 0. The molecule has 22 heavy (non-hydrogen) atoms. The van der Waals surface area contributed by atoms with Gasteiger partial charge in [-0.15, -0.1) is 24.0 Å². The summed E-state index contributed by atoms with van der Waals surface area (Å²) in [5.74, 6) is 1.15. The molecule has 0 radical (unpaired) electrons. The van der Waals surface area contributed by atoms with E-state index in [1.165, 1.54) is 19.3 Å². The molecule has 1 rings (SSSR count). The summed E-state index contributed by atoms with van der Waals surface area (Å²) in [7, 11) is 1.61. The first-order valence-corrected chi connectivity index (χ1v) is 7.53. The number of benzene rings is 1. The van der Waals surface area contributed by atoms with Gasteiger partial charge in [-0.25, -0.2) is 0 Å². The molecule has 0 aliphatic heterocycles. The van der Waals surface area contributed by atoms with Gasteiger partial charge in [-0.05, 0) is 24.1 Å². The molecule has 0 amide bonds. The maximum atomic E-state index is 10.0. The van der Waals surface area contributed by atoms with Gasteiger partial charge in [0, 0.05) is 6.54 Å². The summed E-state index contributed by atoms with van der Waals surface area (Å²) in [5.41, 5.74) is 6.57. The molecule has 0 heterocycles. The summed E-state index contributed by atoms with van der Waals surface area (Å²) in [6.45, 7) is 3.26. The lowest BCUT2D eigenvalue weighted by Crippen LogP contribution is -2.32. The first kappa shape index (κ1) is 21.0. The van der Waals surface area contributed by atoms with Crippen LogP contribution in [0.5, 0.6) is 5.75 Å². The predicted molar refractivity (Wildman–Crippen MR) is 102 cm³/mol. The van der Waals surface area contributed by atoms with Crippen LogP contribution in [-0.4, -0.2) is 31.3 Å². The SMILES string of the molecule is CCCCCCNC(N)=NCC(O)c1ccc(OC)cc1.I. The van der Waals surface area contributed by atoms with Gasteiger partial charge in [0.15, 0.2) is 5.96 Å². The van der Waals surface area contributed by atoms with Crippen LogP contribution in [-0.2, 0) is 0 Å². The minimum Gasteiger partial charge on any atom is -0.497 e. The third-order valence-electron chi connectivity index (χ3n) is 3.27. The van der Waals surface area contributed by atoms with Crippen LogP contribution in [0.3, 0.4) is 0 Å². The number of ether oxygens (including phenoxy) is 1. The van der Waals surface area contributed by atoms with Crippen molar-refractivity contribution in [3.8, 4) is 5.75 Å². The molecule has 1 aromatic rings. The molecule has 6 heteroatoms. The average molecular weight is 421 g/mol. The average Bonchev–Trinajstić information content (AvgIpc) is 2.52. The molecule has 1 aromatic carbocycles. The van der Waals surface area contributed by atoms with Crippen molar-refractivity contribution >= 4 is 29.9 Å². The Balaban J connectivity index is 0.00000441. The van der Waals surface area contributed by atoms with Crippen LogP contribution >= 0.6 is 24.0 Å². The fourth-order valence-corrected chi connectivity index (χ4v) is 1.94. The van der Waals surface area contributed by atoms with Crippen LogP contribution in [0, 0.1) is 0 Å². The molecule has 0 bridgehead atoms. The summed E-state index contributed by atoms with van der Waals surface area (Å²) < 4.78 is 5.08. The zero-order valence-electron chi connectivity index (χ0n) is 13.4. The molecule has 0 saturated heterocycles. The number of nitrogens with two attached hydrogens (primary N) is 1. The van der Waals surface area contributed by atoms with Crippen molar-refractivity contribution in [2.24, 2.45) is 10.7 Å². The third kappa shape index (κ3) is 8.43. The molecule has 0 spiro atoms. The second-order valence-corrected chi connectivity index (χ2v) is 5.00. The molecule has 0 aliphatic rings. The Morgan fingerprint density at radius 2 is 1.95 bits per heavy atom. The van der Waals surface area contributed by atoms with E-state index in [-0.39, 0.29) is 30.5 Å². The standard InChI is InChI=1S/C16H27N3O2.HI/c1-3-4-5-6-11-18-16(17)19-12-15(20)13-7-9-14(21-2)10-8-13;/h7-10,15,20H,3-6,11-12H2,1-2H3,(H3,17,18,19);1H. The number of aliphatic hydroxyl groups excluding tert-OH is 1. The fraction of sp³-hybridized carbons (Fsp3) is 0.562. The number of aliphatic hydroxyl groups is 1. The topological polar surface area (TPSA) is 79.9 Å². The second-order valence-electron chi connectivity index (χ2n) is 5.00. The molecule has 0 aromatic heterocycles. The highest BCUT2D eigenvalue weighted by Crippen LogP contribution is 2.17. The number of rotatable bonds is 9. The maximum Gasteiger partial charge on any atom is 0.188 e. The van der Waals surface area contributed by atoms with Gasteiger partial charge in [0.2, 0.25) is 0 Å². The molecular weight excluding hydrogens is 393 g/mol. The highest BCUT2D eigenvalue weighted by atomic mass is 127. The van der Waals surface area contributed by atoms with Crippen molar-refractivity contribution in [2.45, 2.75) is 38.7 Å². The monoisotopic (exact) mass is 421 g/mol. The first-order valence-electron chi connectivity index (χ1n) is 7.53. The van der Waals surface area contributed by atoms with Crippen molar-refractivity contribution < 1.29 is 9.84 Å². The van der Waals surface area contributed by atoms with Crippen molar-refractivity contribution in [1.29, 1.82) is 0 Å². The molecule has 1 unspecified atom stereocenters. The number of unbranched alkanes of at least 4 members (excludes halogenated alkanes) is 3. The van der Waals surface area contributed by atoms with E-state index in [0.717, 1.165) is 24.3 Å². The summed E-state index contributed by atoms with van der Waals surface area (Å²) in [5, 5.41) is 13.1. The summed E-state index contributed by atoms with van der Waals surface area (Å²) in [4.78, 5) is 4.16. The van der Waals surface area contributed by atoms with Crippen molar-refractivity contribution in [3.05, 3.63) is 29.8 Å². The van der Waals surface area contributed by atoms with Crippen LogP contribution in [0.15, 0.2) is 29.3 Å². The summed E-state index contributed by atoms with van der Waals surface area (Å²) in [6, 6.07) is 7.29. The Bertz CT molecular complexity index is 424. The number of halogens is 1. The maximum absolute atomic E-state index is 10.0. The van der Waals surface area contributed by atoms with E-state index < -0.39 is 6.10 Å². The van der Waals surface area contributed by atoms with Crippen LogP contribution < -0.4 is 15.8 Å². The van der Waals surface area contributed by atoms with Crippen LogP contribution in [0.4, 0.5) is 0 Å². The van der Waals surface area contributed by atoms with E-state index >= 15 is 0 Å². The Kier molecular flexibility index (Phi) is 11.9. The summed E-state index contributed by atoms with van der Waals surface area (Å²) in [6.07, 6.45) is 4.10. The third-order valence-corrected chi connectivity index (χ3v) is 3.27. The van der Waals surface area contributed by atoms with Gasteiger partial charge in [-0.1, -0.05) is 38.3 Å². The number of nitrogens with zero attached hydrogens (tertiary/aromatic N) is 1. The summed E-state index contributed by atoms with van der Waals surface area (Å²) >= 11 is 0. The predicted octanol–water partition coefficient (Wildman–Crippen LogP) is 2.83. The number of nitrogens with one attached hydrogen (secondary N) is 1. The quantitative estimate of drug-likeness (QED) is 0.248. The molecule has 5 nitrogen and oxygen atoms in total. The molecule has 0 fully saturated rings. The molecule has 4 N–H and O–H groups in total. The number of hydrogen-bond donors (Lipinski definition) is 3. The number of methoxy groups -OCH3 is 1. The lowest BCUT2D eigenvalue weighted by molar-refractivity contribution is 0.187. The molecular formula is C16H28IN3O2. The number of hydrogen-bond acceptors (Lipinski definition) is 3. The number of aliphatic imine (C=N–C) groups is 1. The van der Waals surface area contributed by atoms with Gasteiger partial charge in [0.1, 0.15) is 5.75 Å². The Hall–Kier alpha value is -1.02. The first-order chi connectivity index (χ1) is 10.2. The molecule has 1 atom stereocenters. The van der Waals surface area contributed by atoms with E-state index in [4.69, 9.17) is 10.5 Å². The van der Waals surface area contributed by atoms with Gasteiger partial charge in [-0.3, -0.25) is 4.99 Å². The van der Waals surface area contributed by atoms with Gasteiger partial charge < -0.3 is 20.9 Å².